The number of hydrogen-bond acceptors (Lipinski definition) is 18. The maximum Gasteiger partial charge on any atom is 0.355 e. The zero-order valence-corrected chi connectivity index (χ0v) is 53.3. The van der Waals surface area contributed by atoms with Crippen molar-refractivity contribution in [2.75, 3.05) is 32.1 Å². The summed E-state index contributed by atoms with van der Waals surface area (Å²) in [5.41, 5.74) is 6.77. The Kier molecular flexibility index (Phi) is 22.8. The minimum Gasteiger partial charge on any atom is -0.462 e. The molecule has 1 unspecified atom stereocenters. The third kappa shape index (κ3) is 15.6. The number of aromatic nitrogens is 2. The number of methoxy groups -OCH3 is 1. The number of nitrogens with zero attached hydrogens (tertiary/aromatic N) is 3. The van der Waals surface area contributed by atoms with Gasteiger partial charge in [0, 0.05) is 35.9 Å². The summed E-state index contributed by atoms with van der Waals surface area (Å²) in [6.07, 6.45) is -2.65. The van der Waals surface area contributed by atoms with Crippen molar-refractivity contribution >= 4 is 75.4 Å². The number of benzene rings is 2. The largest absolute Gasteiger partial charge is 0.462 e. The number of esters is 2. The number of para-hydroxylation sites is 1. The van der Waals surface area contributed by atoms with Gasteiger partial charge in [0.1, 0.15) is 60.9 Å². The number of fused-ring (bicyclic) bond motifs is 5. The quantitative estimate of drug-likeness (QED) is 0.0218. The van der Waals surface area contributed by atoms with Crippen molar-refractivity contribution in [1.29, 1.82) is 0 Å². The maximum absolute atomic E-state index is 14.5. The minimum absolute atomic E-state index is 0.0579. The van der Waals surface area contributed by atoms with E-state index in [2.05, 4.69) is 31.9 Å². The van der Waals surface area contributed by atoms with Crippen LogP contribution in [-0.4, -0.2) is 159 Å². The number of carbonyl (C=O) groups excluding carboxylic acids is 7. The van der Waals surface area contributed by atoms with Crippen LogP contribution in [0.2, 0.25) is 0 Å². The lowest BCUT2D eigenvalue weighted by Gasteiger charge is -2.40. The molecule has 0 saturated carbocycles. The van der Waals surface area contributed by atoms with E-state index >= 15 is 0 Å². The molecule has 26 heteroatoms. The van der Waals surface area contributed by atoms with Crippen LogP contribution < -0.4 is 47.9 Å². The first kappa shape index (κ1) is 68.3. The number of rotatable bonds is 26. The number of cyclic esters (lactones) is 1. The smallest absolute Gasteiger partial charge is 0.355 e. The van der Waals surface area contributed by atoms with Crippen molar-refractivity contribution in [3.05, 3.63) is 87.7 Å². The molecular weight excluding hydrogens is 1180 g/mol. The molecule has 0 radical (unpaired) electrons. The second-order valence-corrected chi connectivity index (χ2v) is 25.1. The highest BCUT2D eigenvalue weighted by Crippen LogP contribution is 2.41. The summed E-state index contributed by atoms with van der Waals surface area (Å²) in [7, 11) is 1.38. The molecule has 10 N–H and O–H groups in total. The van der Waals surface area contributed by atoms with Gasteiger partial charge in [-0.1, -0.05) is 66.7 Å². The number of aliphatic hydroxyl groups is 2. The van der Waals surface area contributed by atoms with E-state index in [1.165, 1.54) is 7.11 Å². The zero-order valence-electron chi connectivity index (χ0n) is 52.5. The maximum atomic E-state index is 14.5. The average Bonchev–Trinajstić information content (AvgIpc) is 1.37. The van der Waals surface area contributed by atoms with Gasteiger partial charge >= 0.3 is 11.9 Å². The van der Waals surface area contributed by atoms with Crippen molar-refractivity contribution in [2.45, 2.75) is 186 Å². The molecule has 2 saturated heterocycles. The molecule has 4 aliphatic rings. The lowest BCUT2D eigenvalue weighted by Crippen LogP contribution is -2.59. The van der Waals surface area contributed by atoms with E-state index in [9.17, 15) is 48.6 Å². The van der Waals surface area contributed by atoms with E-state index in [-0.39, 0.29) is 66.9 Å². The molecule has 8 rings (SSSR count). The van der Waals surface area contributed by atoms with Gasteiger partial charge in [0.15, 0.2) is 5.11 Å². The lowest BCUT2D eigenvalue weighted by atomic mass is 9.85. The molecule has 4 aromatic rings. The first-order valence-electron chi connectivity index (χ1n) is 31.0. The molecule has 2 fully saturated rings. The van der Waals surface area contributed by atoms with Gasteiger partial charge in [-0.3, -0.25) is 28.8 Å². The topological polar surface area (TPSA) is 342 Å². The number of nitrogens with one attached hydrogen (secondary N) is 6. The van der Waals surface area contributed by atoms with Crippen LogP contribution >= 0.6 is 12.2 Å². The Morgan fingerprint density at radius 3 is 2.22 bits per heavy atom. The van der Waals surface area contributed by atoms with Crippen LogP contribution in [0.15, 0.2) is 65.5 Å². The molecule has 25 nitrogen and oxygen atoms in total. The Labute approximate surface area is 528 Å². The molecule has 90 heavy (non-hydrogen) atoms. The third-order valence-corrected chi connectivity index (χ3v) is 17.1. The summed E-state index contributed by atoms with van der Waals surface area (Å²) in [5.74, 6) is -5.55. The number of anilines is 1. The highest BCUT2D eigenvalue weighted by Gasteiger charge is 2.52. The molecule has 6 heterocycles. The molecule has 2 aromatic heterocycles. The second-order valence-electron chi connectivity index (χ2n) is 24.7. The average molecular weight is 1270 g/mol. The molecule has 0 spiro atoms. The minimum atomic E-state index is -2.07. The highest BCUT2D eigenvalue weighted by molar-refractivity contribution is 7.80. The van der Waals surface area contributed by atoms with Gasteiger partial charge in [0.2, 0.25) is 41.4 Å². The van der Waals surface area contributed by atoms with Crippen LogP contribution in [-0.2, 0) is 71.3 Å². The van der Waals surface area contributed by atoms with Gasteiger partial charge in [-0.2, -0.15) is 0 Å². The van der Waals surface area contributed by atoms with E-state index < -0.39 is 126 Å². The SMILES string of the molecule is CCC1(OC(=O)[C@H](NC(=O)[C@@H](CCCCN)NC(=O)[C@@H](CC(C)C)NC(=O)CNC(=O)[C@H](CC(C)C)NC(=O)[C@H]2CCCN2C(=S)Nc2ccc(O[C@@H]3O[C@H](C)[C@H](O)[C@H](OC)[C@@H]3O)cc2)C(C)C)C(=O)OCc2c1cc1n(c2=O)Cc2cc3ccccc3nc2-1. The summed E-state index contributed by atoms with van der Waals surface area (Å²) >= 11 is 5.77. The third-order valence-electron chi connectivity index (χ3n) is 16.8. The Bertz CT molecular complexity index is 3360. The number of thiocarbonyl (C=S) groups is 1. The second kappa shape index (κ2) is 30.0. The number of aliphatic hydroxyl groups excluding tert-OH is 2. The number of amides is 5. The van der Waals surface area contributed by atoms with Gasteiger partial charge in [-0.05, 0) is 137 Å². The van der Waals surface area contributed by atoms with E-state index in [0.717, 1.165) is 10.9 Å². The Hall–Kier alpha value is -7.62. The first-order valence-corrected chi connectivity index (χ1v) is 31.4. The molecule has 2 aromatic carbocycles. The Morgan fingerprint density at radius 2 is 1.56 bits per heavy atom. The standard InChI is InChI=1S/C64H86N10O15S/c1-10-64(42-29-48-51-38(28-37-16-11-12-17-43(37)69-51)31-74(48)59(82)41(42)32-86-62(64)84)89-60(83)50(35(6)7)72-56(79)44(18-13-14-24-65)70-57(80)46(27-34(4)5)68-49(75)30-66-55(78)45(26-33(2)3)71-58(81)47-19-15-25-73(47)63(90)67-39-20-22-40(23-21-39)88-61-53(77)54(85-9)52(76)36(8)87-61/h11-12,16-17,20-23,28-29,33-36,44-47,50,52-54,61,76-77H,10,13-15,18-19,24-27,30-32,65H2,1-9H3,(H,66,78)(H,67,90)(H,68,75)(H,70,80)(H,71,81)(H,72,79)/t36-,44-,45+,46-,47-,50-,52+,53+,54+,61+,64?/m1/s1. The number of unbranched alkanes of at least 4 members (excludes halogenated alkanes) is 1. The molecule has 11 atom stereocenters. The van der Waals surface area contributed by atoms with Gasteiger partial charge < -0.3 is 81.0 Å². The van der Waals surface area contributed by atoms with Crippen LogP contribution in [0.5, 0.6) is 5.75 Å². The van der Waals surface area contributed by atoms with Gasteiger partial charge in [0.25, 0.3) is 5.56 Å². The van der Waals surface area contributed by atoms with Crippen LogP contribution in [0.4, 0.5) is 5.69 Å². The predicted molar refractivity (Wildman–Crippen MR) is 336 cm³/mol. The van der Waals surface area contributed by atoms with E-state index in [1.54, 1.807) is 67.5 Å². The fraction of sp³-hybridized carbons (Fsp3) is 0.562. The van der Waals surface area contributed by atoms with Crippen LogP contribution in [0.3, 0.4) is 0 Å². The fourth-order valence-corrected chi connectivity index (χ4v) is 12.3. The molecular formula is C64H86N10O15S. The molecule has 488 valence electrons. The Balaban J connectivity index is 0.882. The van der Waals surface area contributed by atoms with E-state index in [0.29, 0.717) is 67.1 Å². The number of hydrogen-bond donors (Lipinski definition) is 9. The normalized spacial score (nSPS) is 22.3. The molecule has 5 amide bonds. The van der Waals surface area contributed by atoms with Crippen molar-refractivity contribution in [3.8, 4) is 17.1 Å². The summed E-state index contributed by atoms with van der Waals surface area (Å²) < 4.78 is 30.2. The van der Waals surface area contributed by atoms with Gasteiger partial charge in [-0.15, -0.1) is 0 Å². The number of carbonyl (C=O) groups is 7. The van der Waals surface area contributed by atoms with Crippen LogP contribution in [0.1, 0.15) is 123 Å². The fourth-order valence-electron chi connectivity index (χ4n) is 11.9. The number of nitrogens with two attached hydrogens (primary N) is 1. The van der Waals surface area contributed by atoms with Gasteiger partial charge in [-0.25, -0.2) is 14.6 Å². The van der Waals surface area contributed by atoms with Gasteiger partial charge in [0.05, 0.1) is 41.7 Å². The number of ether oxygens (including phenoxy) is 5. The summed E-state index contributed by atoms with van der Waals surface area (Å²) in [6.45, 7) is 14.2. The Morgan fingerprint density at radius 1 is 0.867 bits per heavy atom. The summed E-state index contributed by atoms with van der Waals surface area (Å²) in [5, 5.41) is 39.1. The highest BCUT2D eigenvalue weighted by atomic mass is 32.1. The van der Waals surface area contributed by atoms with Crippen molar-refractivity contribution in [1.82, 2.24) is 41.0 Å². The van der Waals surface area contributed by atoms with E-state index in [4.69, 9.17) is 46.6 Å². The van der Waals surface area contributed by atoms with Crippen molar-refractivity contribution in [2.24, 2.45) is 23.5 Å². The molecule has 0 bridgehead atoms. The number of pyridine rings is 2. The summed E-state index contributed by atoms with van der Waals surface area (Å²) in [6, 6.07) is 12.3. The lowest BCUT2D eigenvalue weighted by molar-refractivity contribution is -0.272. The number of likely N-dealkylation sites (tertiary alicyclic amines) is 1. The van der Waals surface area contributed by atoms with Crippen LogP contribution in [0, 0.1) is 17.8 Å². The zero-order chi connectivity index (χ0) is 65.3. The van der Waals surface area contributed by atoms with Crippen molar-refractivity contribution < 1.29 is 67.5 Å². The summed E-state index contributed by atoms with van der Waals surface area (Å²) in [4.78, 5) is 120. The first-order chi connectivity index (χ1) is 42.9. The van der Waals surface area contributed by atoms with Crippen molar-refractivity contribution in [3.63, 3.8) is 0 Å². The monoisotopic (exact) mass is 1270 g/mol. The van der Waals surface area contributed by atoms with Crippen LogP contribution in [0.25, 0.3) is 22.3 Å². The van der Waals surface area contributed by atoms with E-state index in [1.807, 2.05) is 58.0 Å². The molecule has 4 aliphatic heterocycles. The predicted octanol–water partition coefficient (Wildman–Crippen LogP) is 3.28. The molecule has 0 aliphatic carbocycles.